The third kappa shape index (κ3) is 4.02. The molecule has 4 nitrogen and oxygen atoms in total. The number of nitrogens with zero attached hydrogens (tertiary/aromatic N) is 2. The third-order valence-electron chi connectivity index (χ3n) is 4.69. The molecule has 0 atom stereocenters. The Hall–Kier alpha value is -2.47. The fourth-order valence-electron chi connectivity index (χ4n) is 3.20. The monoisotopic (exact) mass is 360 g/mol. The number of carbonyl (C=O) groups excluding carboxylic acids is 1. The Morgan fingerprint density at radius 3 is 2.35 bits per heavy atom. The number of hydrogen-bond acceptors (Lipinski definition) is 4. The average molecular weight is 360 g/mol. The highest BCUT2D eigenvalue weighted by atomic mass is 19.1. The number of methoxy groups -OCH3 is 1. The van der Waals surface area contributed by atoms with Crippen LogP contribution in [0.1, 0.15) is 22.8 Å². The average Bonchev–Trinajstić information content (AvgIpc) is 2.62. The summed E-state index contributed by atoms with van der Waals surface area (Å²) in [4.78, 5) is 15.5. The zero-order valence-electron chi connectivity index (χ0n) is 15.0. The molecular weight excluding hydrogens is 338 g/mol. The molecule has 6 heteroatoms. The van der Waals surface area contributed by atoms with Gasteiger partial charge in [0.2, 0.25) is 0 Å². The van der Waals surface area contributed by atoms with Crippen molar-refractivity contribution in [1.82, 2.24) is 4.90 Å². The molecule has 0 aromatic heterocycles. The molecule has 1 aliphatic heterocycles. The molecule has 1 heterocycles. The van der Waals surface area contributed by atoms with Crippen LogP contribution in [0.15, 0.2) is 36.4 Å². The van der Waals surface area contributed by atoms with Crippen LogP contribution in [0, 0.1) is 11.6 Å². The summed E-state index contributed by atoms with van der Waals surface area (Å²) in [5.74, 6) is -0.644. The van der Waals surface area contributed by atoms with Gasteiger partial charge in [0.25, 0.3) is 0 Å². The van der Waals surface area contributed by atoms with E-state index in [0.717, 1.165) is 18.7 Å². The normalized spacial score (nSPS) is 15.2. The smallest absolute Gasteiger partial charge is 0.165 e. The highest BCUT2D eigenvalue weighted by Gasteiger charge is 2.20. The fraction of sp³-hybridized carbons (Fsp3) is 0.350. The summed E-state index contributed by atoms with van der Waals surface area (Å²) in [5.41, 5.74) is 1.78. The Bertz CT molecular complexity index is 802. The number of Topliss-reactive ketones (excluding diaryl/α,β-unsaturated/α-hetero) is 1. The molecule has 138 valence electrons. The summed E-state index contributed by atoms with van der Waals surface area (Å²) in [6.07, 6.45) is 0. The molecule has 3 rings (SSSR count). The minimum absolute atomic E-state index is 0.146. The van der Waals surface area contributed by atoms with Crippen molar-refractivity contribution in [3.8, 4) is 5.75 Å². The van der Waals surface area contributed by atoms with Crippen LogP contribution in [0.4, 0.5) is 14.5 Å². The SMILES string of the molecule is COc1ccc(CN2CCN(c3ccc(C(C)=O)cc3F)CC2)cc1F. The van der Waals surface area contributed by atoms with E-state index in [-0.39, 0.29) is 23.2 Å². The van der Waals surface area contributed by atoms with Gasteiger partial charge in [0.15, 0.2) is 17.3 Å². The van der Waals surface area contributed by atoms with Gasteiger partial charge in [-0.3, -0.25) is 9.69 Å². The van der Waals surface area contributed by atoms with E-state index in [0.29, 0.717) is 30.9 Å². The first kappa shape index (κ1) is 18.3. The van der Waals surface area contributed by atoms with Crippen LogP contribution >= 0.6 is 0 Å². The minimum Gasteiger partial charge on any atom is -0.494 e. The van der Waals surface area contributed by atoms with E-state index in [1.807, 2.05) is 11.0 Å². The van der Waals surface area contributed by atoms with Gasteiger partial charge in [-0.1, -0.05) is 6.07 Å². The van der Waals surface area contributed by atoms with E-state index in [1.54, 1.807) is 18.2 Å². The fourth-order valence-corrected chi connectivity index (χ4v) is 3.20. The van der Waals surface area contributed by atoms with Crippen LogP contribution in [0.25, 0.3) is 0 Å². The number of piperazine rings is 1. The van der Waals surface area contributed by atoms with Gasteiger partial charge in [0, 0.05) is 38.3 Å². The number of carbonyl (C=O) groups is 1. The van der Waals surface area contributed by atoms with Gasteiger partial charge in [-0.15, -0.1) is 0 Å². The van der Waals surface area contributed by atoms with Crippen molar-refractivity contribution >= 4 is 11.5 Å². The zero-order valence-corrected chi connectivity index (χ0v) is 15.0. The van der Waals surface area contributed by atoms with E-state index >= 15 is 0 Å². The van der Waals surface area contributed by atoms with Gasteiger partial charge in [-0.2, -0.15) is 0 Å². The maximum Gasteiger partial charge on any atom is 0.165 e. The number of halogens is 2. The molecule has 0 bridgehead atoms. The Morgan fingerprint density at radius 1 is 1.04 bits per heavy atom. The van der Waals surface area contributed by atoms with Crippen molar-refractivity contribution in [2.75, 3.05) is 38.2 Å². The van der Waals surface area contributed by atoms with Crippen molar-refractivity contribution in [1.29, 1.82) is 0 Å². The molecule has 1 saturated heterocycles. The number of ketones is 1. The van der Waals surface area contributed by atoms with Gasteiger partial charge in [-0.25, -0.2) is 8.78 Å². The van der Waals surface area contributed by atoms with Crippen molar-refractivity contribution in [2.45, 2.75) is 13.5 Å². The molecule has 2 aromatic rings. The molecule has 2 aromatic carbocycles. The molecule has 0 saturated carbocycles. The Labute approximate surface area is 152 Å². The molecule has 1 aliphatic rings. The molecular formula is C20H22F2N2O2. The summed E-state index contributed by atoms with van der Waals surface area (Å²) < 4.78 is 33.0. The van der Waals surface area contributed by atoms with Crippen LogP contribution < -0.4 is 9.64 Å². The topological polar surface area (TPSA) is 32.8 Å². The van der Waals surface area contributed by atoms with Crippen LogP contribution in [-0.4, -0.2) is 44.0 Å². The highest BCUT2D eigenvalue weighted by Crippen LogP contribution is 2.23. The second-order valence-electron chi connectivity index (χ2n) is 6.45. The highest BCUT2D eigenvalue weighted by molar-refractivity contribution is 5.94. The summed E-state index contributed by atoms with van der Waals surface area (Å²) in [6, 6.07) is 9.60. The van der Waals surface area contributed by atoms with Gasteiger partial charge < -0.3 is 9.64 Å². The first-order valence-corrected chi connectivity index (χ1v) is 8.58. The lowest BCUT2D eigenvalue weighted by atomic mass is 10.1. The number of hydrogen-bond donors (Lipinski definition) is 0. The predicted octanol–water partition coefficient (Wildman–Crippen LogP) is 3.50. The Kier molecular flexibility index (Phi) is 5.52. The van der Waals surface area contributed by atoms with Gasteiger partial charge >= 0.3 is 0 Å². The van der Waals surface area contributed by atoms with Crippen molar-refractivity contribution in [2.24, 2.45) is 0 Å². The Morgan fingerprint density at radius 2 is 1.77 bits per heavy atom. The number of rotatable bonds is 5. The van der Waals surface area contributed by atoms with Gasteiger partial charge in [0.1, 0.15) is 5.82 Å². The van der Waals surface area contributed by atoms with E-state index in [2.05, 4.69) is 4.90 Å². The van der Waals surface area contributed by atoms with E-state index in [4.69, 9.17) is 4.74 Å². The summed E-state index contributed by atoms with van der Waals surface area (Å²) in [6.45, 7) is 4.92. The van der Waals surface area contributed by atoms with Crippen LogP contribution in [0.2, 0.25) is 0 Å². The van der Waals surface area contributed by atoms with Crippen molar-refractivity contribution in [3.05, 3.63) is 59.2 Å². The lowest BCUT2D eigenvalue weighted by Crippen LogP contribution is -2.46. The van der Waals surface area contributed by atoms with Crippen molar-refractivity contribution in [3.63, 3.8) is 0 Å². The lowest BCUT2D eigenvalue weighted by Gasteiger charge is -2.36. The number of anilines is 1. The Balaban J connectivity index is 1.61. The van der Waals surface area contributed by atoms with E-state index < -0.39 is 0 Å². The molecule has 0 spiro atoms. The maximum atomic E-state index is 14.3. The molecule has 0 N–H and O–H groups in total. The predicted molar refractivity (Wildman–Crippen MR) is 96.8 cm³/mol. The summed E-state index contributed by atoms with van der Waals surface area (Å²) >= 11 is 0. The van der Waals surface area contributed by atoms with Gasteiger partial charge in [0.05, 0.1) is 12.8 Å². The van der Waals surface area contributed by atoms with E-state index in [1.165, 1.54) is 26.2 Å². The number of ether oxygens (including phenoxy) is 1. The third-order valence-corrected chi connectivity index (χ3v) is 4.69. The standard InChI is InChI=1S/C20H22F2N2O2/c1-14(25)16-4-5-19(17(21)12-16)24-9-7-23(8-10-24)13-15-3-6-20(26-2)18(22)11-15/h3-6,11-12H,7-10,13H2,1-2H3. The largest absolute Gasteiger partial charge is 0.494 e. The summed E-state index contributed by atoms with van der Waals surface area (Å²) in [5, 5.41) is 0. The lowest BCUT2D eigenvalue weighted by molar-refractivity contribution is 0.101. The van der Waals surface area contributed by atoms with Crippen LogP contribution in [0.3, 0.4) is 0 Å². The van der Waals surface area contributed by atoms with Crippen LogP contribution in [0.5, 0.6) is 5.75 Å². The second-order valence-corrected chi connectivity index (χ2v) is 6.45. The van der Waals surface area contributed by atoms with Crippen LogP contribution in [-0.2, 0) is 6.54 Å². The minimum atomic E-state index is -0.372. The molecule has 0 amide bonds. The quantitative estimate of drug-likeness (QED) is 0.764. The molecule has 1 fully saturated rings. The second kappa shape index (κ2) is 7.83. The molecule has 26 heavy (non-hydrogen) atoms. The van der Waals surface area contributed by atoms with Gasteiger partial charge in [-0.05, 0) is 42.8 Å². The number of benzene rings is 2. The summed E-state index contributed by atoms with van der Waals surface area (Å²) in [7, 11) is 1.44. The molecule has 0 aliphatic carbocycles. The first-order chi connectivity index (χ1) is 12.5. The molecule has 0 radical (unpaired) electrons. The maximum absolute atomic E-state index is 14.3. The van der Waals surface area contributed by atoms with Crippen molar-refractivity contribution < 1.29 is 18.3 Å². The molecule has 0 unspecified atom stereocenters. The first-order valence-electron chi connectivity index (χ1n) is 8.58. The van der Waals surface area contributed by atoms with E-state index in [9.17, 15) is 13.6 Å². The zero-order chi connectivity index (χ0) is 18.7.